The average molecular weight is 1060 g/mol. The van der Waals surface area contributed by atoms with Crippen LogP contribution in [0, 0.1) is 15.2 Å². The van der Waals surface area contributed by atoms with Crippen LogP contribution in [0.3, 0.4) is 0 Å². The van der Waals surface area contributed by atoms with Crippen LogP contribution in [0.15, 0.2) is 70.5 Å². The molecule has 1 fully saturated rings. The van der Waals surface area contributed by atoms with Crippen molar-refractivity contribution in [1.29, 1.82) is 0 Å². The number of amides is 2. The Kier molecular flexibility index (Phi) is 15.3. The molecule has 1 aliphatic heterocycles. The summed E-state index contributed by atoms with van der Waals surface area (Å²) < 4.78 is 39.2. The summed E-state index contributed by atoms with van der Waals surface area (Å²) in [5, 5.41) is 45.4. The Bertz CT molecular complexity index is 3040. The first-order chi connectivity index (χ1) is 32.9. The van der Waals surface area contributed by atoms with Crippen molar-refractivity contribution in [2.45, 2.75) is 71.1 Å². The van der Waals surface area contributed by atoms with Gasteiger partial charge in [-0.25, -0.2) is 9.37 Å². The quantitative estimate of drug-likeness (QED) is 0.0629. The number of aromatic nitrogens is 6. The van der Waals surface area contributed by atoms with Crippen LogP contribution in [0.4, 0.5) is 25.8 Å². The number of esters is 1. The van der Waals surface area contributed by atoms with Crippen molar-refractivity contribution in [3.8, 4) is 28.6 Å². The summed E-state index contributed by atoms with van der Waals surface area (Å²) in [6.07, 6.45) is 0.531. The van der Waals surface area contributed by atoms with Gasteiger partial charge >= 0.3 is 5.97 Å². The van der Waals surface area contributed by atoms with Crippen LogP contribution in [0.25, 0.3) is 28.1 Å². The second kappa shape index (κ2) is 21.1. The summed E-state index contributed by atoms with van der Waals surface area (Å²) >= 11 is 1.89. The normalized spacial score (nSPS) is 13.4. The largest absolute Gasteiger partial charge is 0.508 e. The zero-order valence-electron chi connectivity index (χ0n) is 38.4. The first kappa shape index (κ1) is 49.9. The van der Waals surface area contributed by atoms with Gasteiger partial charge in [-0.2, -0.15) is 4.39 Å². The van der Waals surface area contributed by atoms with Gasteiger partial charge in [-0.3, -0.25) is 37.7 Å². The van der Waals surface area contributed by atoms with Gasteiger partial charge in [0.25, 0.3) is 17.0 Å². The van der Waals surface area contributed by atoms with Gasteiger partial charge in [-0.05, 0) is 102 Å². The molecule has 1 saturated heterocycles. The number of pyridine rings is 1. The standard InChI is InChI=1S/C47H51F2IN10O9/c1-6-51-45(66)44-55-54-42(32-20-31(25(2)3)35(62)21-36(32)63)60(44)29-10-8-27(9-11-29)56(4)28-15-17-58(18-16-28)37(64)13-14-38(65)69-23-30(61)22-59-24-52-43-39(46(59)67)41(40(49)47(68)57(43)5)53-34-12-7-26(50)19-33(34)48/h7-12,19-21,24-25,28,30,53,61-63H,6,13-18,22-23H2,1-5H3,(H,51,66)/t30-/m1/s1. The number of hydrogen-bond donors (Lipinski definition) is 5. The smallest absolute Gasteiger partial charge is 0.306 e. The molecule has 3 aromatic carbocycles. The maximum absolute atomic E-state index is 15.4. The number of phenolic OH excluding ortho intramolecular Hbond substituents is 2. The van der Waals surface area contributed by atoms with Gasteiger partial charge in [0, 0.05) is 67.2 Å². The Morgan fingerprint density at radius 1 is 0.971 bits per heavy atom. The summed E-state index contributed by atoms with van der Waals surface area (Å²) in [7, 11) is 3.18. The van der Waals surface area contributed by atoms with Crippen molar-refractivity contribution in [3.05, 3.63) is 108 Å². The highest BCUT2D eigenvalue weighted by Gasteiger charge is 2.28. The lowest BCUT2D eigenvalue weighted by Crippen LogP contribution is -2.45. The second-order valence-electron chi connectivity index (χ2n) is 16.9. The molecule has 69 heavy (non-hydrogen) atoms. The number of rotatable bonds is 16. The van der Waals surface area contributed by atoms with E-state index in [-0.39, 0.29) is 70.6 Å². The zero-order valence-corrected chi connectivity index (χ0v) is 40.5. The third-order valence-corrected chi connectivity index (χ3v) is 12.6. The molecule has 0 bridgehead atoms. The van der Waals surface area contributed by atoms with Crippen LogP contribution >= 0.6 is 22.6 Å². The molecule has 0 aliphatic carbocycles. The number of anilines is 3. The lowest BCUT2D eigenvalue weighted by atomic mass is 9.98. The number of halogens is 3. The predicted molar refractivity (Wildman–Crippen MR) is 260 cm³/mol. The first-order valence-corrected chi connectivity index (χ1v) is 23.2. The van der Waals surface area contributed by atoms with E-state index in [1.807, 2.05) is 67.8 Å². The van der Waals surface area contributed by atoms with Gasteiger partial charge in [0.15, 0.2) is 11.5 Å². The number of piperidine rings is 1. The molecule has 2 amide bonds. The maximum Gasteiger partial charge on any atom is 0.306 e. The molecule has 19 nitrogen and oxygen atoms in total. The van der Waals surface area contributed by atoms with Crippen LogP contribution in [-0.4, -0.2) is 112 Å². The number of hydrogen-bond acceptors (Lipinski definition) is 14. The van der Waals surface area contributed by atoms with Gasteiger partial charge < -0.3 is 40.5 Å². The Balaban J connectivity index is 0.925. The molecule has 22 heteroatoms. The molecular formula is C47H51F2IN10O9. The zero-order chi connectivity index (χ0) is 49.8. The van der Waals surface area contributed by atoms with Gasteiger partial charge in [-0.1, -0.05) is 13.8 Å². The number of carbonyl (C=O) groups excluding carboxylic acids is 3. The van der Waals surface area contributed by atoms with E-state index >= 15 is 4.39 Å². The minimum Gasteiger partial charge on any atom is -0.508 e. The molecule has 1 aliphatic rings. The molecule has 4 heterocycles. The molecule has 3 aromatic heterocycles. The molecule has 0 radical (unpaired) electrons. The van der Waals surface area contributed by atoms with E-state index in [4.69, 9.17) is 4.74 Å². The van der Waals surface area contributed by atoms with Crippen LogP contribution in [0.5, 0.6) is 11.5 Å². The molecule has 0 saturated carbocycles. The number of aromatic hydroxyl groups is 2. The molecule has 6 aromatic rings. The summed E-state index contributed by atoms with van der Waals surface area (Å²) in [6, 6.07) is 14.4. The first-order valence-electron chi connectivity index (χ1n) is 22.1. The van der Waals surface area contributed by atoms with E-state index in [1.165, 1.54) is 25.2 Å². The average Bonchev–Trinajstić information content (AvgIpc) is 3.77. The maximum atomic E-state index is 15.4. The topological polar surface area (TPSA) is 239 Å². The fraction of sp³-hybridized carbons (Fsp3) is 0.362. The van der Waals surface area contributed by atoms with Crippen LogP contribution in [0.1, 0.15) is 68.6 Å². The second-order valence-corrected chi connectivity index (χ2v) is 18.1. The minimum absolute atomic E-state index is 0.0148. The lowest BCUT2D eigenvalue weighted by Gasteiger charge is -2.38. The molecule has 7 rings (SSSR count). The highest BCUT2D eigenvalue weighted by molar-refractivity contribution is 14.1. The molecule has 5 N–H and O–H groups in total. The Morgan fingerprint density at radius 3 is 2.35 bits per heavy atom. The highest BCUT2D eigenvalue weighted by Crippen LogP contribution is 2.38. The Morgan fingerprint density at radius 2 is 1.68 bits per heavy atom. The third-order valence-electron chi connectivity index (χ3n) is 12.0. The van der Waals surface area contributed by atoms with E-state index in [1.54, 1.807) is 28.5 Å². The highest BCUT2D eigenvalue weighted by atomic mass is 127. The number of likely N-dealkylation sites (tertiary alicyclic amines) is 1. The monoisotopic (exact) mass is 1060 g/mol. The number of ether oxygens (including phenoxy) is 1. The number of phenols is 2. The van der Waals surface area contributed by atoms with E-state index in [0.717, 1.165) is 21.1 Å². The number of nitrogens with one attached hydrogen (secondary N) is 2. The van der Waals surface area contributed by atoms with Crippen LogP contribution in [0.2, 0.25) is 0 Å². The summed E-state index contributed by atoms with van der Waals surface area (Å²) in [5.41, 5.74) is -0.596. The van der Waals surface area contributed by atoms with E-state index in [0.29, 0.717) is 52.9 Å². The Labute approximate surface area is 407 Å². The fourth-order valence-corrected chi connectivity index (χ4v) is 8.62. The third kappa shape index (κ3) is 10.7. The van der Waals surface area contributed by atoms with Crippen molar-refractivity contribution >= 4 is 68.5 Å². The number of nitrogens with zero attached hydrogens (tertiary/aromatic N) is 8. The molecule has 1 atom stereocenters. The lowest BCUT2D eigenvalue weighted by molar-refractivity contribution is -0.149. The number of aliphatic hydroxyl groups excluding tert-OH is 1. The molecule has 0 unspecified atom stereocenters. The summed E-state index contributed by atoms with van der Waals surface area (Å²) in [4.78, 5) is 73.2. The number of benzene rings is 3. The van der Waals surface area contributed by atoms with Crippen molar-refractivity contribution < 1.29 is 43.2 Å². The summed E-state index contributed by atoms with van der Waals surface area (Å²) in [5.74, 6) is -3.65. The molecular weight excluding hydrogens is 1010 g/mol. The van der Waals surface area contributed by atoms with E-state index in [9.17, 15) is 43.7 Å². The number of fused-ring (bicyclic) bond motifs is 1. The SMILES string of the molecule is CCNC(=O)c1nnc(-c2cc(C(C)C)c(O)cc2O)n1-c1ccc(N(C)C2CCN(C(=O)CCC(=O)OC[C@H](O)Cn3cnc4c(c(Nc5ccc(I)cc5F)c(F)c(=O)n4C)c3=O)CC2)cc1. The Hall–Kier alpha value is -6.95. The van der Waals surface area contributed by atoms with E-state index < -0.39 is 59.6 Å². The predicted octanol–water partition coefficient (Wildman–Crippen LogP) is 5.07. The van der Waals surface area contributed by atoms with Crippen molar-refractivity contribution in [1.82, 2.24) is 39.1 Å². The van der Waals surface area contributed by atoms with Gasteiger partial charge in [0.2, 0.25) is 17.5 Å². The van der Waals surface area contributed by atoms with Gasteiger partial charge in [0.05, 0.1) is 29.9 Å². The molecule has 0 spiro atoms. The van der Waals surface area contributed by atoms with Crippen LogP contribution < -0.4 is 26.7 Å². The van der Waals surface area contributed by atoms with E-state index in [2.05, 4.69) is 30.7 Å². The minimum atomic E-state index is -1.42. The number of carbonyl (C=O) groups is 3. The van der Waals surface area contributed by atoms with Crippen molar-refractivity contribution in [2.24, 2.45) is 7.05 Å². The van der Waals surface area contributed by atoms with Crippen molar-refractivity contribution in [3.63, 3.8) is 0 Å². The number of aliphatic hydroxyl groups is 1. The summed E-state index contributed by atoms with van der Waals surface area (Å²) in [6.45, 7) is 5.87. The molecule has 364 valence electrons. The van der Waals surface area contributed by atoms with Crippen molar-refractivity contribution in [2.75, 3.05) is 43.5 Å². The van der Waals surface area contributed by atoms with Gasteiger partial charge in [0.1, 0.15) is 41.7 Å². The number of aryl methyl sites for hydroxylation is 1. The van der Waals surface area contributed by atoms with Crippen LogP contribution in [-0.2, 0) is 27.9 Å². The van der Waals surface area contributed by atoms with Gasteiger partial charge in [-0.15, -0.1) is 10.2 Å². The fourth-order valence-electron chi connectivity index (χ4n) is 8.17.